The summed E-state index contributed by atoms with van der Waals surface area (Å²) in [7, 11) is 5.47. The van der Waals surface area contributed by atoms with Gasteiger partial charge in [-0.2, -0.15) is 0 Å². The highest BCUT2D eigenvalue weighted by Crippen LogP contribution is 2.51. The molecule has 0 bridgehead atoms. The van der Waals surface area contributed by atoms with Crippen LogP contribution in [-0.4, -0.2) is 19.2 Å². The molecular weight excluding hydrogens is 324 g/mol. The van der Waals surface area contributed by atoms with E-state index in [1.807, 2.05) is 7.05 Å². The Bertz CT molecular complexity index is 1010. The number of aryl methyl sites for hydroxylation is 3. The molecule has 0 saturated heterocycles. The fraction of sp³-hybridized carbons (Fsp3) is 0.364. The molecule has 26 heavy (non-hydrogen) atoms. The van der Waals surface area contributed by atoms with Gasteiger partial charge in [0, 0.05) is 18.1 Å². The molecule has 0 unspecified atom stereocenters. The second-order valence-corrected chi connectivity index (χ2v) is 7.18. The molecule has 1 saturated carbocycles. The summed E-state index contributed by atoms with van der Waals surface area (Å²) in [5, 5.41) is 2.42. The van der Waals surface area contributed by atoms with Gasteiger partial charge >= 0.3 is 5.82 Å². The van der Waals surface area contributed by atoms with E-state index < -0.39 is 0 Å². The third-order valence-electron chi connectivity index (χ3n) is 5.33. The van der Waals surface area contributed by atoms with E-state index in [0.717, 1.165) is 28.6 Å². The first kappa shape index (κ1) is 16.8. The highest BCUT2D eigenvalue weighted by Gasteiger charge is 2.31. The van der Waals surface area contributed by atoms with Gasteiger partial charge in [-0.15, -0.1) is 0 Å². The van der Waals surface area contributed by atoms with Crippen molar-refractivity contribution in [3.8, 4) is 22.9 Å². The maximum atomic E-state index is 5.70. The van der Waals surface area contributed by atoms with Gasteiger partial charge in [-0.3, -0.25) is 0 Å². The zero-order valence-electron chi connectivity index (χ0n) is 16.1. The van der Waals surface area contributed by atoms with E-state index in [0.29, 0.717) is 5.92 Å². The lowest BCUT2D eigenvalue weighted by atomic mass is 9.97. The molecule has 1 fully saturated rings. The molecule has 0 spiro atoms. The summed E-state index contributed by atoms with van der Waals surface area (Å²) in [6.45, 7) is 4.14. The Labute approximate surface area is 154 Å². The second kappa shape index (κ2) is 6.27. The van der Waals surface area contributed by atoms with Crippen LogP contribution < -0.4 is 14.0 Å². The van der Waals surface area contributed by atoms with Gasteiger partial charge in [-0.05, 0) is 59.6 Å². The van der Waals surface area contributed by atoms with Crippen LogP contribution in [0.1, 0.15) is 35.6 Å². The Morgan fingerprint density at radius 3 is 2.50 bits per heavy atom. The molecule has 0 aliphatic heterocycles. The Balaban J connectivity index is 1.95. The van der Waals surface area contributed by atoms with Gasteiger partial charge in [0.05, 0.1) is 33.0 Å². The smallest absolute Gasteiger partial charge is 0.330 e. The molecule has 1 aliphatic rings. The van der Waals surface area contributed by atoms with Gasteiger partial charge in [0.1, 0.15) is 0 Å². The summed E-state index contributed by atoms with van der Waals surface area (Å²) in [6.07, 6.45) is 4.56. The van der Waals surface area contributed by atoms with Crippen LogP contribution in [0.2, 0.25) is 0 Å². The number of aromatic nitrogens is 2. The highest BCUT2D eigenvalue weighted by atomic mass is 16.5. The van der Waals surface area contributed by atoms with Crippen LogP contribution in [0.3, 0.4) is 0 Å². The van der Waals surface area contributed by atoms with Crippen LogP contribution in [0.25, 0.3) is 22.2 Å². The Morgan fingerprint density at radius 1 is 1.08 bits per heavy atom. The maximum Gasteiger partial charge on any atom is 0.330 e. The molecule has 134 valence electrons. The number of ether oxygens (including phenoxy) is 2. The van der Waals surface area contributed by atoms with Crippen LogP contribution in [0, 0.1) is 13.8 Å². The standard InChI is InChI=1S/C22H25N2O2/c1-13-12-24(3)22(23-14(13)2)16-8-9-18-17(10-16)11-19(25-4)21(26-5)20(18)15-6-7-15/h8-12,15H,6-7H2,1-5H3/q+1. The highest BCUT2D eigenvalue weighted by molar-refractivity contribution is 5.93. The molecule has 3 aromatic rings. The second-order valence-electron chi connectivity index (χ2n) is 7.18. The molecule has 1 heterocycles. The van der Waals surface area contributed by atoms with Gasteiger partial charge < -0.3 is 9.47 Å². The molecule has 0 atom stereocenters. The summed E-state index contributed by atoms with van der Waals surface area (Å²) in [5.74, 6) is 3.23. The van der Waals surface area contributed by atoms with Crippen molar-refractivity contribution in [2.24, 2.45) is 7.05 Å². The van der Waals surface area contributed by atoms with Crippen molar-refractivity contribution in [1.29, 1.82) is 0 Å². The van der Waals surface area contributed by atoms with Crippen molar-refractivity contribution < 1.29 is 14.0 Å². The molecule has 4 nitrogen and oxygen atoms in total. The van der Waals surface area contributed by atoms with E-state index in [-0.39, 0.29) is 0 Å². The Hall–Kier alpha value is -2.62. The number of hydrogen-bond acceptors (Lipinski definition) is 3. The van der Waals surface area contributed by atoms with Crippen LogP contribution in [-0.2, 0) is 7.05 Å². The maximum absolute atomic E-state index is 5.70. The largest absolute Gasteiger partial charge is 0.493 e. The minimum absolute atomic E-state index is 0.573. The normalized spacial score (nSPS) is 13.9. The van der Waals surface area contributed by atoms with Crippen molar-refractivity contribution in [2.75, 3.05) is 14.2 Å². The quantitative estimate of drug-likeness (QED) is 0.661. The van der Waals surface area contributed by atoms with E-state index in [2.05, 4.69) is 48.9 Å². The zero-order chi connectivity index (χ0) is 18.4. The van der Waals surface area contributed by atoms with Crippen molar-refractivity contribution >= 4 is 10.8 Å². The molecular formula is C22H25N2O2+. The fourth-order valence-electron chi connectivity index (χ4n) is 3.71. The molecule has 4 heteroatoms. The van der Waals surface area contributed by atoms with E-state index in [1.54, 1.807) is 14.2 Å². The van der Waals surface area contributed by atoms with E-state index in [4.69, 9.17) is 14.5 Å². The summed E-state index contributed by atoms with van der Waals surface area (Å²) in [5.41, 5.74) is 4.64. The minimum Gasteiger partial charge on any atom is -0.493 e. The summed E-state index contributed by atoms with van der Waals surface area (Å²) in [4.78, 5) is 4.80. The summed E-state index contributed by atoms with van der Waals surface area (Å²) >= 11 is 0. The fourth-order valence-corrected chi connectivity index (χ4v) is 3.71. The molecule has 0 N–H and O–H groups in total. The SMILES string of the molecule is COc1cc2cc(-c3nc(C)c(C)c[n+]3C)ccc2c(C2CC2)c1OC. The predicted molar refractivity (Wildman–Crippen MR) is 103 cm³/mol. The van der Waals surface area contributed by atoms with Crippen molar-refractivity contribution in [2.45, 2.75) is 32.6 Å². The Morgan fingerprint density at radius 2 is 1.85 bits per heavy atom. The van der Waals surface area contributed by atoms with Gasteiger partial charge in [0.15, 0.2) is 17.2 Å². The van der Waals surface area contributed by atoms with Gasteiger partial charge in [-0.25, -0.2) is 4.57 Å². The van der Waals surface area contributed by atoms with Gasteiger partial charge in [-0.1, -0.05) is 6.07 Å². The number of benzene rings is 2. The van der Waals surface area contributed by atoms with Crippen molar-refractivity contribution in [3.63, 3.8) is 0 Å². The topological polar surface area (TPSA) is 35.2 Å². The predicted octanol–water partition coefficient (Wildman–Crippen LogP) is 4.24. The van der Waals surface area contributed by atoms with E-state index >= 15 is 0 Å². The lowest BCUT2D eigenvalue weighted by Gasteiger charge is -2.16. The monoisotopic (exact) mass is 349 g/mol. The number of fused-ring (bicyclic) bond motifs is 1. The third-order valence-corrected chi connectivity index (χ3v) is 5.33. The first-order valence-corrected chi connectivity index (χ1v) is 9.06. The molecule has 2 aromatic carbocycles. The average Bonchev–Trinajstić information content (AvgIpc) is 3.47. The molecule has 0 amide bonds. The molecule has 4 rings (SSSR count). The molecule has 1 aliphatic carbocycles. The first-order chi connectivity index (χ1) is 12.5. The lowest BCUT2D eigenvalue weighted by Crippen LogP contribution is -2.33. The number of methoxy groups -OCH3 is 2. The average molecular weight is 349 g/mol. The minimum atomic E-state index is 0.573. The number of rotatable bonds is 4. The van der Waals surface area contributed by atoms with Crippen molar-refractivity contribution in [1.82, 2.24) is 4.98 Å². The Kier molecular flexibility index (Phi) is 4.06. The van der Waals surface area contributed by atoms with Crippen LogP contribution in [0.15, 0.2) is 30.5 Å². The zero-order valence-corrected chi connectivity index (χ0v) is 16.1. The van der Waals surface area contributed by atoms with E-state index in [9.17, 15) is 0 Å². The molecule has 0 radical (unpaired) electrons. The third kappa shape index (κ3) is 2.70. The lowest BCUT2D eigenvalue weighted by molar-refractivity contribution is -0.663. The first-order valence-electron chi connectivity index (χ1n) is 9.06. The van der Waals surface area contributed by atoms with Gasteiger partial charge in [0.25, 0.3) is 0 Å². The van der Waals surface area contributed by atoms with Crippen molar-refractivity contribution in [3.05, 3.63) is 47.3 Å². The van der Waals surface area contributed by atoms with E-state index in [1.165, 1.54) is 34.7 Å². The van der Waals surface area contributed by atoms with Crippen LogP contribution in [0.5, 0.6) is 11.5 Å². The molecule has 1 aromatic heterocycles. The van der Waals surface area contributed by atoms with Crippen LogP contribution in [0.4, 0.5) is 0 Å². The van der Waals surface area contributed by atoms with Crippen LogP contribution >= 0.6 is 0 Å². The number of nitrogens with zero attached hydrogens (tertiary/aromatic N) is 2. The van der Waals surface area contributed by atoms with Gasteiger partial charge in [0.2, 0.25) is 0 Å². The summed E-state index contributed by atoms with van der Waals surface area (Å²) in [6, 6.07) is 8.65. The number of hydrogen-bond donors (Lipinski definition) is 0. The summed E-state index contributed by atoms with van der Waals surface area (Å²) < 4.78 is 13.4.